The number of carboxylic acids is 1. The lowest BCUT2D eigenvalue weighted by Crippen LogP contribution is -2.23. The predicted octanol–water partition coefficient (Wildman–Crippen LogP) is 4.26. The minimum absolute atomic E-state index is 0.0838. The maximum Gasteiger partial charge on any atom is 0.303 e. The fourth-order valence-corrected chi connectivity index (χ4v) is 6.75. The van der Waals surface area contributed by atoms with E-state index in [9.17, 15) is 18.0 Å². The molecular formula is C25H24ClN3O6S2. The molecule has 0 aliphatic carbocycles. The second kappa shape index (κ2) is 11.3. The highest BCUT2D eigenvalue weighted by atomic mass is 35.5. The minimum Gasteiger partial charge on any atom is -0.496 e. The number of rotatable bonds is 11. The highest BCUT2D eigenvalue weighted by molar-refractivity contribution is 7.92. The van der Waals surface area contributed by atoms with Crippen LogP contribution in [0, 0.1) is 0 Å². The fraction of sp³-hybridized carbons (Fsp3) is 0.240. The lowest BCUT2D eigenvalue weighted by Gasteiger charge is -2.08. The Kier molecular flexibility index (Phi) is 8.16. The van der Waals surface area contributed by atoms with Crippen molar-refractivity contribution >= 4 is 55.6 Å². The Bertz CT molecular complexity index is 1560. The molecule has 0 saturated heterocycles. The van der Waals surface area contributed by atoms with Crippen LogP contribution in [0.25, 0.3) is 10.9 Å². The number of aliphatic carboxylic acids is 1. The summed E-state index contributed by atoms with van der Waals surface area (Å²) in [5, 5.41) is 16.7. The number of carbonyl (C=O) groups is 2. The molecule has 12 heteroatoms. The van der Waals surface area contributed by atoms with E-state index in [1.165, 1.54) is 13.2 Å². The first-order valence-electron chi connectivity index (χ1n) is 11.2. The van der Waals surface area contributed by atoms with Gasteiger partial charge in [0.25, 0.3) is 0 Å². The third-order valence-corrected chi connectivity index (χ3v) is 9.03. The Hall–Kier alpha value is -3.41. The molecule has 9 nitrogen and oxygen atoms in total. The molecule has 1 amide bonds. The molecule has 0 atom stereocenters. The van der Waals surface area contributed by atoms with E-state index in [0.29, 0.717) is 27.7 Å². The number of hydrogen-bond donors (Lipinski definition) is 2. The first kappa shape index (κ1) is 26.6. The van der Waals surface area contributed by atoms with E-state index in [2.05, 4.69) is 10.4 Å². The zero-order valence-corrected chi connectivity index (χ0v) is 22.2. The number of thiophene rings is 1. The van der Waals surface area contributed by atoms with Crippen molar-refractivity contribution in [2.75, 3.05) is 7.11 Å². The summed E-state index contributed by atoms with van der Waals surface area (Å²) in [4.78, 5) is 22.5. The van der Waals surface area contributed by atoms with Gasteiger partial charge in [0.1, 0.15) is 15.7 Å². The lowest BCUT2D eigenvalue weighted by molar-refractivity contribution is -0.138. The molecule has 2 heterocycles. The van der Waals surface area contributed by atoms with Gasteiger partial charge in [-0.3, -0.25) is 14.3 Å². The first-order chi connectivity index (χ1) is 17.7. The maximum atomic E-state index is 13.1. The number of carboxylic acid groups (broad SMARTS) is 1. The number of hydrogen-bond acceptors (Lipinski definition) is 7. The van der Waals surface area contributed by atoms with Crippen LogP contribution in [-0.2, 0) is 38.3 Å². The van der Waals surface area contributed by atoms with Crippen LogP contribution in [0.1, 0.15) is 29.7 Å². The van der Waals surface area contributed by atoms with Crippen LogP contribution in [0.2, 0.25) is 4.34 Å². The lowest BCUT2D eigenvalue weighted by atomic mass is 10.1. The average molecular weight is 562 g/mol. The van der Waals surface area contributed by atoms with Crippen molar-refractivity contribution in [3.63, 3.8) is 0 Å². The van der Waals surface area contributed by atoms with Crippen molar-refractivity contribution in [1.29, 1.82) is 0 Å². The van der Waals surface area contributed by atoms with Gasteiger partial charge in [-0.05, 0) is 35.4 Å². The number of fused-ring (bicyclic) bond motifs is 1. The van der Waals surface area contributed by atoms with E-state index in [1.807, 2.05) is 36.4 Å². The van der Waals surface area contributed by atoms with Gasteiger partial charge in [-0.1, -0.05) is 41.9 Å². The Morgan fingerprint density at radius 1 is 1.11 bits per heavy atom. The van der Waals surface area contributed by atoms with Gasteiger partial charge in [0.05, 0.1) is 41.0 Å². The van der Waals surface area contributed by atoms with E-state index in [4.69, 9.17) is 21.4 Å². The second-order valence-corrected chi connectivity index (χ2v) is 12.2. The number of halogens is 1. The Labute approximate surface area is 222 Å². The molecule has 2 aromatic carbocycles. The van der Waals surface area contributed by atoms with Crippen molar-refractivity contribution in [1.82, 2.24) is 15.1 Å². The number of nitrogens with zero attached hydrogens (tertiary/aromatic N) is 2. The van der Waals surface area contributed by atoms with Crippen LogP contribution >= 0.6 is 22.9 Å². The van der Waals surface area contributed by atoms with Gasteiger partial charge in [-0.25, -0.2) is 8.42 Å². The summed E-state index contributed by atoms with van der Waals surface area (Å²) in [5.41, 5.74) is 2.83. The molecule has 194 valence electrons. The number of benzene rings is 2. The van der Waals surface area contributed by atoms with Crippen LogP contribution in [0.5, 0.6) is 5.75 Å². The number of nitrogens with one attached hydrogen (secondary N) is 1. The summed E-state index contributed by atoms with van der Waals surface area (Å²) in [6.45, 7) is 0.613. The zero-order chi connectivity index (χ0) is 26.6. The molecule has 0 radical (unpaired) electrons. The second-order valence-electron chi connectivity index (χ2n) is 8.27. The van der Waals surface area contributed by atoms with Crippen LogP contribution in [0.3, 0.4) is 0 Å². The third-order valence-electron chi connectivity index (χ3n) is 5.59. The SMILES string of the molecule is COc1cccc2c1c(CS(=O)(=O)c1ccc(Cl)s1)nn2Cc1cccc(CNC(=O)CCC(=O)O)c1. The fourth-order valence-electron chi connectivity index (χ4n) is 3.90. The number of ether oxygens (including phenoxy) is 1. The Balaban J connectivity index is 1.60. The molecule has 2 aromatic heterocycles. The van der Waals surface area contributed by atoms with E-state index < -0.39 is 15.8 Å². The van der Waals surface area contributed by atoms with E-state index in [0.717, 1.165) is 28.0 Å². The van der Waals surface area contributed by atoms with Gasteiger partial charge in [0, 0.05) is 13.0 Å². The Morgan fingerprint density at radius 3 is 2.57 bits per heavy atom. The van der Waals surface area contributed by atoms with Gasteiger partial charge in [-0.2, -0.15) is 5.10 Å². The zero-order valence-electron chi connectivity index (χ0n) is 19.8. The van der Waals surface area contributed by atoms with Crippen LogP contribution in [0.15, 0.2) is 58.8 Å². The van der Waals surface area contributed by atoms with Crippen LogP contribution in [-0.4, -0.2) is 42.3 Å². The quantitative estimate of drug-likeness (QED) is 0.280. The molecule has 0 fully saturated rings. The number of carbonyl (C=O) groups excluding carboxylic acids is 1. The number of sulfone groups is 1. The van der Waals surface area contributed by atoms with E-state index in [-0.39, 0.29) is 35.3 Å². The molecular weight excluding hydrogens is 538 g/mol. The average Bonchev–Trinajstić information content (AvgIpc) is 3.45. The minimum atomic E-state index is -3.68. The number of amides is 1. The van der Waals surface area contributed by atoms with Crippen molar-refractivity contribution in [3.05, 3.63) is 75.8 Å². The molecule has 0 unspecified atom stereocenters. The van der Waals surface area contributed by atoms with Gasteiger partial charge < -0.3 is 15.2 Å². The molecule has 0 saturated carbocycles. The summed E-state index contributed by atoms with van der Waals surface area (Å²) in [5.74, 6) is -1.14. The molecule has 0 spiro atoms. The van der Waals surface area contributed by atoms with Crippen molar-refractivity contribution < 1.29 is 27.9 Å². The summed E-state index contributed by atoms with van der Waals surface area (Å²) in [6.07, 6.45) is -0.307. The highest BCUT2D eigenvalue weighted by Gasteiger charge is 2.24. The number of methoxy groups -OCH3 is 1. The summed E-state index contributed by atoms with van der Waals surface area (Å²) >= 11 is 6.96. The van der Waals surface area contributed by atoms with E-state index >= 15 is 0 Å². The molecule has 0 bridgehead atoms. The highest BCUT2D eigenvalue weighted by Crippen LogP contribution is 2.33. The summed E-state index contributed by atoms with van der Waals surface area (Å²) in [7, 11) is -2.15. The third kappa shape index (κ3) is 6.48. The standard InChI is InChI=1S/C25H24ClN3O6S2/c1-35-20-7-3-6-19-25(20)18(15-37(33,34)24-11-8-21(26)36-24)28-29(19)14-17-5-2-4-16(12-17)13-27-22(30)9-10-23(31)32/h2-8,11-12H,9-10,13-15H2,1H3,(H,27,30)(H,31,32). The largest absolute Gasteiger partial charge is 0.496 e. The summed E-state index contributed by atoms with van der Waals surface area (Å²) < 4.78 is 34.0. The monoisotopic (exact) mass is 561 g/mol. The smallest absolute Gasteiger partial charge is 0.303 e. The van der Waals surface area contributed by atoms with Gasteiger partial charge in [0.2, 0.25) is 5.91 Å². The first-order valence-corrected chi connectivity index (χ1v) is 14.1. The topological polar surface area (TPSA) is 128 Å². The summed E-state index contributed by atoms with van der Waals surface area (Å²) in [6, 6.07) is 16.0. The van der Waals surface area contributed by atoms with Gasteiger partial charge >= 0.3 is 5.97 Å². The van der Waals surface area contributed by atoms with Crippen molar-refractivity contribution in [3.8, 4) is 5.75 Å². The van der Waals surface area contributed by atoms with Crippen LogP contribution < -0.4 is 10.1 Å². The Morgan fingerprint density at radius 2 is 1.86 bits per heavy atom. The molecule has 2 N–H and O–H groups in total. The predicted molar refractivity (Wildman–Crippen MR) is 141 cm³/mol. The maximum absolute atomic E-state index is 13.1. The van der Waals surface area contributed by atoms with Gasteiger partial charge in [0.15, 0.2) is 9.84 Å². The van der Waals surface area contributed by atoms with Crippen molar-refractivity contribution in [2.45, 2.75) is 35.9 Å². The molecule has 4 rings (SSSR count). The molecule has 0 aliphatic rings. The van der Waals surface area contributed by atoms with Gasteiger partial charge in [-0.15, -0.1) is 11.3 Å². The molecule has 37 heavy (non-hydrogen) atoms. The normalized spacial score (nSPS) is 11.5. The number of aromatic nitrogens is 2. The molecule has 0 aliphatic heterocycles. The van der Waals surface area contributed by atoms with E-state index in [1.54, 1.807) is 16.8 Å². The molecule has 4 aromatic rings. The van der Waals surface area contributed by atoms with Crippen LogP contribution in [0.4, 0.5) is 0 Å². The van der Waals surface area contributed by atoms with Crippen molar-refractivity contribution in [2.24, 2.45) is 0 Å².